The molecule has 1 aromatic carbocycles. The number of benzene rings is 1. The maximum atomic E-state index is 5.58. The molecule has 2 aromatic rings. The molecule has 5 heteroatoms. The van der Waals surface area contributed by atoms with Crippen LogP contribution in [0.25, 0.3) is 11.4 Å². The molecule has 1 unspecified atom stereocenters. The Morgan fingerprint density at radius 3 is 2.67 bits per heavy atom. The van der Waals surface area contributed by atoms with Gasteiger partial charge in [-0.25, -0.2) is 0 Å². The highest BCUT2D eigenvalue weighted by Gasteiger charge is 2.11. The quantitative estimate of drug-likeness (QED) is 0.840. The van der Waals surface area contributed by atoms with E-state index in [1.807, 2.05) is 12.1 Å². The second kappa shape index (κ2) is 6.02. The topological polar surface area (TPSA) is 64.9 Å². The summed E-state index contributed by atoms with van der Waals surface area (Å²) >= 11 is 1.71. The summed E-state index contributed by atoms with van der Waals surface area (Å²) in [5, 5.41) is 4.00. The van der Waals surface area contributed by atoms with Crippen LogP contribution in [0.4, 0.5) is 0 Å². The van der Waals surface area contributed by atoms with Crippen LogP contribution in [0.3, 0.4) is 0 Å². The van der Waals surface area contributed by atoms with Crippen LogP contribution in [0.15, 0.2) is 33.7 Å². The van der Waals surface area contributed by atoms with E-state index in [0.717, 1.165) is 12.0 Å². The van der Waals surface area contributed by atoms with E-state index in [1.54, 1.807) is 11.8 Å². The van der Waals surface area contributed by atoms with Crippen LogP contribution in [0.1, 0.15) is 12.8 Å². The molecule has 0 amide bonds. The fourth-order valence-electron chi connectivity index (χ4n) is 1.58. The van der Waals surface area contributed by atoms with Gasteiger partial charge < -0.3 is 10.3 Å². The lowest BCUT2D eigenvalue weighted by molar-refractivity contribution is 0.360. The van der Waals surface area contributed by atoms with E-state index < -0.39 is 0 Å². The number of hydrogen-bond donors (Lipinski definition) is 1. The fourth-order valence-corrected chi connectivity index (χ4v) is 1.98. The van der Waals surface area contributed by atoms with Crippen LogP contribution in [-0.2, 0) is 6.42 Å². The average molecular weight is 263 g/mol. The highest BCUT2D eigenvalue weighted by Crippen LogP contribution is 2.21. The van der Waals surface area contributed by atoms with E-state index >= 15 is 0 Å². The van der Waals surface area contributed by atoms with E-state index in [2.05, 4.69) is 35.5 Å². The minimum absolute atomic E-state index is 0.358. The summed E-state index contributed by atoms with van der Waals surface area (Å²) in [5.74, 6) is 1.65. The van der Waals surface area contributed by atoms with Gasteiger partial charge in [-0.15, -0.1) is 11.8 Å². The number of nitrogens with zero attached hydrogens (tertiary/aromatic N) is 2. The van der Waals surface area contributed by atoms with Gasteiger partial charge in [0.25, 0.3) is 0 Å². The van der Waals surface area contributed by atoms with E-state index in [9.17, 15) is 0 Å². The predicted molar refractivity (Wildman–Crippen MR) is 73.4 cm³/mol. The number of nitrogens with two attached hydrogens (primary N) is 1. The van der Waals surface area contributed by atoms with Crippen molar-refractivity contribution >= 4 is 11.8 Å². The van der Waals surface area contributed by atoms with Crippen molar-refractivity contribution in [2.75, 3.05) is 12.8 Å². The zero-order valence-electron chi connectivity index (χ0n) is 10.6. The van der Waals surface area contributed by atoms with Gasteiger partial charge in [0.2, 0.25) is 11.7 Å². The molecule has 0 bridgehead atoms. The van der Waals surface area contributed by atoms with Crippen LogP contribution in [0.2, 0.25) is 0 Å². The molecule has 2 rings (SSSR count). The van der Waals surface area contributed by atoms with Crippen LogP contribution >= 0.6 is 11.8 Å². The van der Waals surface area contributed by atoms with Gasteiger partial charge in [0.1, 0.15) is 0 Å². The molecule has 0 aliphatic rings. The van der Waals surface area contributed by atoms with Crippen LogP contribution < -0.4 is 5.73 Å². The van der Waals surface area contributed by atoms with E-state index in [-0.39, 0.29) is 0 Å². The first-order valence-corrected chi connectivity index (χ1v) is 7.12. The Kier molecular flexibility index (Phi) is 4.38. The Morgan fingerprint density at radius 1 is 1.33 bits per heavy atom. The maximum Gasteiger partial charge on any atom is 0.227 e. The van der Waals surface area contributed by atoms with Gasteiger partial charge in [0.15, 0.2) is 0 Å². The SMILES string of the molecule is CSc1ccc(-c2noc(CC(C)CN)n2)cc1. The molecule has 0 saturated heterocycles. The number of rotatable bonds is 5. The van der Waals surface area contributed by atoms with E-state index in [4.69, 9.17) is 10.3 Å². The zero-order chi connectivity index (χ0) is 13.0. The summed E-state index contributed by atoms with van der Waals surface area (Å²) in [6, 6.07) is 8.12. The Bertz CT molecular complexity index is 495. The highest BCUT2D eigenvalue weighted by atomic mass is 32.2. The van der Waals surface area contributed by atoms with Crippen molar-refractivity contribution in [2.45, 2.75) is 18.2 Å². The van der Waals surface area contributed by atoms with Gasteiger partial charge in [0, 0.05) is 16.9 Å². The highest BCUT2D eigenvalue weighted by molar-refractivity contribution is 7.98. The molecule has 4 nitrogen and oxygen atoms in total. The predicted octanol–water partition coefficient (Wildman–Crippen LogP) is 2.60. The number of aromatic nitrogens is 2. The largest absolute Gasteiger partial charge is 0.339 e. The third-order valence-corrected chi connectivity index (χ3v) is 3.49. The lowest BCUT2D eigenvalue weighted by Crippen LogP contribution is -2.13. The molecular weight excluding hydrogens is 246 g/mol. The van der Waals surface area contributed by atoms with Gasteiger partial charge in [-0.3, -0.25) is 0 Å². The Morgan fingerprint density at radius 2 is 2.06 bits per heavy atom. The third-order valence-electron chi connectivity index (χ3n) is 2.74. The molecule has 1 atom stereocenters. The molecule has 0 fully saturated rings. The van der Waals surface area contributed by atoms with Crippen LogP contribution in [0, 0.1) is 5.92 Å². The summed E-state index contributed by atoms with van der Waals surface area (Å²) in [6.07, 6.45) is 2.78. The summed E-state index contributed by atoms with van der Waals surface area (Å²) in [6.45, 7) is 2.69. The summed E-state index contributed by atoms with van der Waals surface area (Å²) in [5.41, 5.74) is 6.55. The Labute approximate surface area is 111 Å². The van der Waals surface area contributed by atoms with Crippen molar-refractivity contribution in [1.29, 1.82) is 0 Å². The van der Waals surface area contributed by atoms with Crippen LogP contribution in [-0.4, -0.2) is 22.9 Å². The summed E-state index contributed by atoms with van der Waals surface area (Å²) in [7, 11) is 0. The first-order chi connectivity index (χ1) is 8.72. The molecule has 1 aromatic heterocycles. The second-order valence-electron chi connectivity index (χ2n) is 4.29. The molecular formula is C13H17N3OS. The minimum atomic E-state index is 0.358. The van der Waals surface area contributed by atoms with Gasteiger partial charge >= 0.3 is 0 Å². The van der Waals surface area contributed by atoms with Crippen molar-refractivity contribution in [2.24, 2.45) is 11.7 Å². The van der Waals surface area contributed by atoms with Gasteiger partial charge in [-0.2, -0.15) is 4.98 Å². The second-order valence-corrected chi connectivity index (χ2v) is 5.16. The Hall–Kier alpha value is -1.33. The zero-order valence-corrected chi connectivity index (χ0v) is 11.4. The number of hydrogen-bond acceptors (Lipinski definition) is 5. The molecule has 1 heterocycles. The lowest BCUT2D eigenvalue weighted by Gasteiger charge is -2.01. The van der Waals surface area contributed by atoms with E-state index in [1.165, 1.54) is 4.90 Å². The summed E-state index contributed by atoms with van der Waals surface area (Å²) < 4.78 is 5.23. The van der Waals surface area contributed by atoms with Gasteiger partial charge in [-0.1, -0.05) is 12.1 Å². The molecule has 18 heavy (non-hydrogen) atoms. The van der Waals surface area contributed by atoms with Gasteiger partial charge in [-0.05, 0) is 43.0 Å². The normalized spacial score (nSPS) is 12.6. The minimum Gasteiger partial charge on any atom is -0.339 e. The lowest BCUT2D eigenvalue weighted by atomic mass is 10.1. The van der Waals surface area contributed by atoms with Gasteiger partial charge in [0.05, 0.1) is 0 Å². The molecule has 0 aliphatic heterocycles. The van der Waals surface area contributed by atoms with Crippen molar-refractivity contribution in [1.82, 2.24) is 10.1 Å². The van der Waals surface area contributed by atoms with Crippen molar-refractivity contribution in [3.8, 4) is 11.4 Å². The molecule has 96 valence electrons. The molecule has 2 N–H and O–H groups in total. The maximum absolute atomic E-state index is 5.58. The molecule has 0 aliphatic carbocycles. The number of thioether (sulfide) groups is 1. The molecule has 0 radical (unpaired) electrons. The molecule has 0 saturated carbocycles. The van der Waals surface area contributed by atoms with Crippen molar-refractivity contribution in [3.05, 3.63) is 30.2 Å². The van der Waals surface area contributed by atoms with Crippen LogP contribution in [0.5, 0.6) is 0 Å². The third kappa shape index (κ3) is 3.11. The van der Waals surface area contributed by atoms with Crippen molar-refractivity contribution < 1.29 is 4.52 Å². The first-order valence-electron chi connectivity index (χ1n) is 5.90. The fraction of sp³-hybridized carbons (Fsp3) is 0.385. The van der Waals surface area contributed by atoms with Crippen molar-refractivity contribution in [3.63, 3.8) is 0 Å². The van der Waals surface area contributed by atoms with E-state index in [0.29, 0.717) is 24.2 Å². The smallest absolute Gasteiger partial charge is 0.227 e. The Balaban J connectivity index is 2.13. The standard InChI is InChI=1S/C13H17N3OS/c1-9(8-14)7-12-15-13(16-17-12)10-3-5-11(18-2)6-4-10/h3-6,9H,7-8,14H2,1-2H3. The first kappa shape index (κ1) is 13.1. The monoisotopic (exact) mass is 263 g/mol. The average Bonchev–Trinajstić information content (AvgIpc) is 2.87. The molecule has 0 spiro atoms. The summed E-state index contributed by atoms with van der Waals surface area (Å²) in [4.78, 5) is 5.61.